The Labute approximate surface area is 177 Å². The van der Waals surface area contributed by atoms with E-state index < -0.39 is 24.3 Å². The summed E-state index contributed by atoms with van der Waals surface area (Å²) in [6.07, 6.45) is 3.83. The van der Waals surface area contributed by atoms with Crippen molar-refractivity contribution in [2.24, 2.45) is 11.8 Å². The van der Waals surface area contributed by atoms with Gasteiger partial charge in [-0.3, -0.25) is 4.79 Å². The molecule has 6 heteroatoms. The molecule has 0 spiro atoms. The molecule has 1 fully saturated rings. The average molecular weight is 421 g/mol. The molecule has 1 aliphatic carbocycles. The van der Waals surface area contributed by atoms with Crippen LogP contribution in [0.2, 0.25) is 0 Å². The van der Waals surface area contributed by atoms with E-state index in [0.29, 0.717) is 31.2 Å². The number of carboxylic acids is 1. The van der Waals surface area contributed by atoms with Crippen molar-refractivity contribution in [2.75, 3.05) is 0 Å². The van der Waals surface area contributed by atoms with E-state index in [9.17, 15) is 24.5 Å². The first-order valence-electron chi connectivity index (χ1n) is 10.9. The van der Waals surface area contributed by atoms with Crippen LogP contribution in [0.15, 0.2) is 24.3 Å². The number of aliphatic carboxylic acids is 1. The number of unbranched alkanes of at least 4 members (excludes halogenated alkanes) is 3. The Morgan fingerprint density at radius 3 is 2.43 bits per heavy atom. The van der Waals surface area contributed by atoms with Gasteiger partial charge in [0.25, 0.3) is 0 Å². The lowest BCUT2D eigenvalue weighted by atomic mass is 9.85. The minimum atomic E-state index is -0.849. The Kier molecular flexibility index (Phi) is 10.3. The first kappa shape index (κ1) is 24.3. The SMILES string of the molecule is O=C(O)CCCCCC[C@@H]1C(CCC(O)C#CCc2ccccc2F)[C@H](O)C[C@@H]1O. The van der Waals surface area contributed by atoms with E-state index in [1.54, 1.807) is 18.2 Å². The van der Waals surface area contributed by atoms with E-state index in [2.05, 4.69) is 11.8 Å². The number of aliphatic hydroxyl groups is 3. The summed E-state index contributed by atoms with van der Waals surface area (Å²) in [5.41, 5.74) is 0.495. The first-order valence-corrected chi connectivity index (χ1v) is 10.9. The second-order valence-corrected chi connectivity index (χ2v) is 8.23. The van der Waals surface area contributed by atoms with Crippen LogP contribution in [-0.4, -0.2) is 44.7 Å². The minimum absolute atomic E-state index is 0.0157. The van der Waals surface area contributed by atoms with Gasteiger partial charge in [0.1, 0.15) is 11.9 Å². The van der Waals surface area contributed by atoms with E-state index in [1.807, 2.05) is 0 Å². The fraction of sp³-hybridized carbons (Fsp3) is 0.625. The predicted octanol–water partition coefficient (Wildman–Crippen LogP) is 3.30. The van der Waals surface area contributed by atoms with Gasteiger partial charge < -0.3 is 20.4 Å². The standard InChI is InChI=1S/C24H33FO5/c25-21-12-6-5-8-17(21)9-7-10-18(26)14-15-20-19(22(27)16-23(20)28)11-3-1-2-4-13-24(29)30/h5-6,8,12,18-20,22-23,26-28H,1-4,9,11,13-16H2,(H,29,30)/t18?,19-,20?,22+,23-/m1/s1. The Morgan fingerprint density at radius 2 is 1.73 bits per heavy atom. The highest BCUT2D eigenvalue weighted by Crippen LogP contribution is 2.39. The van der Waals surface area contributed by atoms with E-state index in [1.165, 1.54) is 6.07 Å². The van der Waals surface area contributed by atoms with Gasteiger partial charge in [0.15, 0.2) is 0 Å². The van der Waals surface area contributed by atoms with Crippen LogP contribution in [0.25, 0.3) is 0 Å². The molecule has 1 aliphatic rings. The number of benzene rings is 1. The van der Waals surface area contributed by atoms with Gasteiger partial charge >= 0.3 is 5.97 Å². The number of carboxylic acid groups (broad SMARTS) is 1. The van der Waals surface area contributed by atoms with Crippen molar-refractivity contribution in [3.63, 3.8) is 0 Å². The molecule has 0 aromatic heterocycles. The van der Waals surface area contributed by atoms with Gasteiger partial charge in [-0.05, 0) is 55.6 Å². The molecule has 2 rings (SSSR count). The molecule has 166 valence electrons. The topological polar surface area (TPSA) is 98.0 Å². The molecule has 0 heterocycles. The van der Waals surface area contributed by atoms with Gasteiger partial charge in [-0.25, -0.2) is 4.39 Å². The van der Waals surface area contributed by atoms with Gasteiger partial charge in [0, 0.05) is 12.8 Å². The van der Waals surface area contributed by atoms with E-state index in [4.69, 9.17) is 5.11 Å². The average Bonchev–Trinajstić information content (AvgIpc) is 2.96. The van der Waals surface area contributed by atoms with Gasteiger partial charge in [-0.1, -0.05) is 49.3 Å². The molecule has 0 radical (unpaired) electrons. The van der Waals surface area contributed by atoms with Crippen LogP contribution < -0.4 is 0 Å². The summed E-state index contributed by atoms with van der Waals surface area (Å²) >= 11 is 0. The van der Waals surface area contributed by atoms with Gasteiger partial charge in [0.2, 0.25) is 0 Å². The third-order valence-electron chi connectivity index (χ3n) is 5.98. The third-order valence-corrected chi connectivity index (χ3v) is 5.98. The summed E-state index contributed by atoms with van der Waals surface area (Å²) in [6, 6.07) is 6.41. The third kappa shape index (κ3) is 8.06. The predicted molar refractivity (Wildman–Crippen MR) is 112 cm³/mol. The van der Waals surface area contributed by atoms with Crippen LogP contribution in [0.5, 0.6) is 0 Å². The second kappa shape index (κ2) is 12.7. The summed E-state index contributed by atoms with van der Waals surface area (Å²) < 4.78 is 13.6. The molecule has 1 aromatic rings. The lowest BCUT2D eigenvalue weighted by Gasteiger charge is -2.24. The quantitative estimate of drug-likeness (QED) is 0.325. The molecule has 30 heavy (non-hydrogen) atoms. The first-order chi connectivity index (χ1) is 14.4. The zero-order chi connectivity index (χ0) is 21.9. The Bertz CT molecular complexity index is 726. The van der Waals surface area contributed by atoms with Crippen molar-refractivity contribution >= 4 is 5.97 Å². The summed E-state index contributed by atoms with van der Waals surface area (Å²) in [6.45, 7) is 0. The van der Waals surface area contributed by atoms with Gasteiger partial charge in [-0.15, -0.1) is 0 Å². The number of aliphatic hydroxyl groups excluding tert-OH is 3. The van der Waals surface area contributed by atoms with Crippen molar-refractivity contribution < 1.29 is 29.6 Å². The molecule has 5 nitrogen and oxygen atoms in total. The Balaban J connectivity index is 1.75. The molecule has 1 aromatic carbocycles. The number of halogens is 1. The highest BCUT2D eigenvalue weighted by molar-refractivity contribution is 5.66. The van der Waals surface area contributed by atoms with Crippen molar-refractivity contribution in [1.82, 2.24) is 0 Å². The summed E-state index contributed by atoms with van der Waals surface area (Å²) in [7, 11) is 0. The lowest BCUT2D eigenvalue weighted by molar-refractivity contribution is -0.137. The van der Waals surface area contributed by atoms with Crippen molar-refractivity contribution in [3.8, 4) is 11.8 Å². The fourth-order valence-electron chi connectivity index (χ4n) is 4.32. The molecule has 2 unspecified atom stereocenters. The summed E-state index contributed by atoms with van der Waals surface area (Å²) in [4.78, 5) is 10.5. The maximum Gasteiger partial charge on any atom is 0.303 e. The van der Waals surface area contributed by atoms with Gasteiger partial charge in [-0.2, -0.15) is 0 Å². The van der Waals surface area contributed by atoms with Crippen LogP contribution in [-0.2, 0) is 11.2 Å². The smallest absolute Gasteiger partial charge is 0.303 e. The van der Waals surface area contributed by atoms with Crippen LogP contribution in [0.3, 0.4) is 0 Å². The largest absolute Gasteiger partial charge is 0.481 e. The van der Waals surface area contributed by atoms with Crippen molar-refractivity contribution in [3.05, 3.63) is 35.6 Å². The van der Waals surface area contributed by atoms with Crippen LogP contribution in [0.1, 0.15) is 63.4 Å². The Hall–Kier alpha value is -1.94. The molecule has 1 saturated carbocycles. The molecule has 4 N–H and O–H groups in total. The highest BCUT2D eigenvalue weighted by Gasteiger charge is 2.40. The number of hydrogen-bond donors (Lipinski definition) is 4. The summed E-state index contributed by atoms with van der Waals surface area (Å²) in [5, 5.41) is 39.4. The highest BCUT2D eigenvalue weighted by atomic mass is 19.1. The zero-order valence-corrected chi connectivity index (χ0v) is 17.3. The minimum Gasteiger partial charge on any atom is -0.481 e. The monoisotopic (exact) mass is 420 g/mol. The maximum atomic E-state index is 13.6. The molecule has 0 bridgehead atoms. The number of hydrogen-bond acceptors (Lipinski definition) is 4. The van der Waals surface area contributed by atoms with Crippen molar-refractivity contribution in [1.29, 1.82) is 0 Å². The van der Waals surface area contributed by atoms with Crippen LogP contribution in [0, 0.1) is 29.5 Å². The van der Waals surface area contributed by atoms with E-state index in [0.717, 1.165) is 25.7 Å². The van der Waals surface area contributed by atoms with Crippen molar-refractivity contribution in [2.45, 2.75) is 82.5 Å². The summed E-state index contributed by atoms with van der Waals surface area (Å²) in [5.74, 6) is 4.38. The Morgan fingerprint density at radius 1 is 1.07 bits per heavy atom. The molecular weight excluding hydrogens is 387 g/mol. The fourth-order valence-corrected chi connectivity index (χ4v) is 4.32. The van der Waals surface area contributed by atoms with E-state index >= 15 is 0 Å². The van der Waals surface area contributed by atoms with Crippen LogP contribution >= 0.6 is 0 Å². The molecule has 0 amide bonds. The molecule has 0 aliphatic heterocycles. The second-order valence-electron chi connectivity index (χ2n) is 8.23. The number of rotatable bonds is 11. The van der Waals surface area contributed by atoms with Gasteiger partial charge in [0.05, 0.1) is 12.2 Å². The van der Waals surface area contributed by atoms with Crippen LogP contribution in [0.4, 0.5) is 4.39 Å². The lowest BCUT2D eigenvalue weighted by Crippen LogP contribution is -2.23. The molecule has 0 saturated heterocycles. The molecule has 5 atom stereocenters. The molecular formula is C24H33FO5. The van der Waals surface area contributed by atoms with E-state index in [-0.39, 0.29) is 30.5 Å². The number of carbonyl (C=O) groups is 1. The normalized spacial score (nSPS) is 24.3. The zero-order valence-electron chi connectivity index (χ0n) is 17.3. The maximum absolute atomic E-state index is 13.6.